The van der Waals surface area contributed by atoms with Gasteiger partial charge in [0.15, 0.2) is 0 Å². The summed E-state index contributed by atoms with van der Waals surface area (Å²) in [4.78, 5) is 8.92. The van der Waals surface area contributed by atoms with E-state index in [0.29, 0.717) is 23.6 Å². The highest BCUT2D eigenvalue weighted by Crippen LogP contribution is 2.22. The first-order valence-corrected chi connectivity index (χ1v) is 8.43. The second-order valence-corrected chi connectivity index (χ2v) is 6.39. The van der Waals surface area contributed by atoms with E-state index >= 15 is 0 Å². The van der Waals surface area contributed by atoms with E-state index < -0.39 is 0 Å². The van der Waals surface area contributed by atoms with Gasteiger partial charge in [-0.2, -0.15) is 0 Å². The molecule has 6 heteroatoms. The molecule has 126 valence electrons. The highest BCUT2D eigenvalue weighted by molar-refractivity contribution is 9.10. The van der Waals surface area contributed by atoms with E-state index in [0.717, 1.165) is 26.6 Å². The molecule has 0 aliphatic carbocycles. The molecular weight excluding hydrogens is 380 g/mol. The fourth-order valence-electron chi connectivity index (χ4n) is 2.57. The number of nitrogens with zero attached hydrogens (tertiary/aromatic N) is 2. The lowest BCUT2D eigenvalue weighted by atomic mass is 9.98. The first-order valence-electron chi connectivity index (χ1n) is 7.64. The lowest BCUT2D eigenvalue weighted by Gasteiger charge is -2.11. The molecule has 0 atom stereocenters. The molecule has 5 nitrogen and oxygen atoms in total. The quantitative estimate of drug-likeness (QED) is 0.640. The summed E-state index contributed by atoms with van der Waals surface area (Å²) in [6, 6.07) is 13.3. The highest BCUT2D eigenvalue weighted by atomic mass is 79.9. The Bertz CT molecular complexity index is 969. The zero-order chi connectivity index (χ0) is 17.8. The van der Waals surface area contributed by atoms with E-state index in [1.807, 2.05) is 42.5 Å². The maximum absolute atomic E-state index is 8.55. The zero-order valence-electron chi connectivity index (χ0n) is 13.7. The van der Waals surface area contributed by atoms with Gasteiger partial charge < -0.3 is 10.5 Å². The molecule has 25 heavy (non-hydrogen) atoms. The summed E-state index contributed by atoms with van der Waals surface area (Å²) in [5, 5.41) is 8.55. The first kappa shape index (κ1) is 17.3. The number of pyridine rings is 2. The van der Waals surface area contributed by atoms with Gasteiger partial charge in [0.05, 0.1) is 29.0 Å². The minimum absolute atomic E-state index is 0.315. The van der Waals surface area contributed by atoms with Gasteiger partial charge >= 0.3 is 0 Å². The molecule has 0 amide bonds. The number of fused-ring (bicyclic) bond motifs is 1. The Kier molecular flexibility index (Phi) is 5.21. The van der Waals surface area contributed by atoms with Crippen molar-refractivity contribution >= 4 is 38.2 Å². The van der Waals surface area contributed by atoms with E-state index in [2.05, 4.69) is 25.9 Å². The van der Waals surface area contributed by atoms with Crippen LogP contribution in [0.5, 0.6) is 0 Å². The monoisotopic (exact) mass is 396 g/mol. The molecule has 3 rings (SSSR count). The Morgan fingerprint density at radius 3 is 2.84 bits per heavy atom. The Morgan fingerprint density at radius 1 is 1.24 bits per heavy atom. The van der Waals surface area contributed by atoms with Crippen molar-refractivity contribution in [3.05, 3.63) is 76.2 Å². The molecular formula is C19H17BrN4O. The lowest BCUT2D eigenvalue weighted by molar-refractivity contribution is 0.185. The minimum atomic E-state index is 0.315. The van der Waals surface area contributed by atoms with E-state index in [4.69, 9.17) is 15.9 Å². The highest BCUT2D eigenvalue weighted by Gasteiger charge is 2.13. The number of benzene rings is 1. The number of hydrogen-bond donors (Lipinski definition) is 2. The molecule has 0 fully saturated rings. The third kappa shape index (κ3) is 3.75. The average molecular weight is 397 g/mol. The van der Waals surface area contributed by atoms with Crippen LogP contribution in [0.4, 0.5) is 0 Å². The van der Waals surface area contributed by atoms with E-state index in [1.54, 1.807) is 13.3 Å². The second kappa shape index (κ2) is 7.55. The Morgan fingerprint density at radius 2 is 2.08 bits per heavy atom. The molecule has 0 saturated heterocycles. The van der Waals surface area contributed by atoms with Gasteiger partial charge in [0.1, 0.15) is 0 Å². The Hall–Kier alpha value is -2.57. The summed E-state index contributed by atoms with van der Waals surface area (Å²) in [6.07, 6.45) is 3.15. The summed E-state index contributed by atoms with van der Waals surface area (Å²) in [5.41, 5.74) is 10.6. The summed E-state index contributed by atoms with van der Waals surface area (Å²) in [5.74, 6) is 0. The number of methoxy groups -OCH3 is 1. The third-order valence-corrected chi connectivity index (χ3v) is 4.18. The molecule has 0 saturated carbocycles. The number of aromatic nitrogens is 2. The fraction of sp³-hybridized carbons (Fsp3) is 0.105. The van der Waals surface area contributed by atoms with Gasteiger partial charge in [-0.05, 0) is 45.8 Å². The Labute approximate surface area is 154 Å². The van der Waals surface area contributed by atoms with Crippen LogP contribution in [0.3, 0.4) is 0 Å². The maximum Gasteiger partial charge on any atom is 0.0905 e. The van der Waals surface area contributed by atoms with Crippen molar-refractivity contribution in [2.45, 2.75) is 6.61 Å². The van der Waals surface area contributed by atoms with Gasteiger partial charge in [-0.1, -0.05) is 18.2 Å². The van der Waals surface area contributed by atoms with Crippen LogP contribution >= 0.6 is 15.9 Å². The van der Waals surface area contributed by atoms with Crippen molar-refractivity contribution in [2.75, 3.05) is 7.11 Å². The van der Waals surface area contributed by atoms with E-state index in [-0.39, 0.29) is 0 Å². The van der Waals surface area contributed by atoms with Crippen molar-refractivity contribution in [1.29, 1.82) is 5.41 Å². The van der Waals surface area contributed by atoms with Crippen molar-refractivity contribution < 1.29 is 4.74 Å². The molecule has 0 spiro atoms. The molecule has 0 radical (unpaired) electrons. The third-order valence-electron chi connectivity index (χ3n) is 3.74. The van der Waals surface area contributed by atoms with Crippen LogP contribution in [0.2, 0.25) is 0 Å². The van der Waals surface area contributed by atoms with Gasteiger partial charge in [0.2, 0.25) is 0 Å². The van der Waals surface area contributed by atoms with Crippen molar-refractivity contribution in [1.82, 2.24) is 9.97 Å². The number of allylic oxidation sites excluding steroid dienone is 1. The van der Waals surface area contributed by atoms with Gasteiger partial charge in [-0.15, -0.1) is 0 Å². The fourth-order valence-corrected chi connectivity index (χ4v) is 2.89. The number of hydrogen-bond acceptors (Lipinski definition) is 5. The molecule has 2 heterocycles. The molecule has 2 aromatic heterocycles. The van der Waals surface area contributed by atoms with Crippen molar-refractivity contribution in [3.8, 4) is 0 Å². The molecule has 0 aliphatic heterocycles. The summed E-state index contributed by atoms with van der Waals surface area (Å²) in [6.45, 7) is 0.497. The van der Waals surface area contributed by atoms with Gasteiger partial charge in [0, 0.05) is 35.1 Å². The summed E-state index contributed by atoms with van der Waals surface area (Å²) < 4.78 is 6.01. The van der Waals surface area contributed by atoms with Gasteiger partial charge in [-0.3, -0.25) is 10.4 Å². The predicted octanol–water partition coefficient (Wildman–Crippen LogP) is 3.91. The van der Waals surface area contributed by atoms with Crippen LogP contribution in [0.15, 0.2) is 59.3 Å². The van der Waals surface area contributed by atoms with Crippen LogP contribution in [0.1, 0.15) is 16.8 Å². The van der Waals surface area contributed by atoms with Crippen LogP contribution in [0, 0.1) is 5.41 Å². The average Bonchev–Trinajstić information content (AvgIpc) is 2.62. The van der Waals surface area contributed by atoms with Gasteiger partial charge in [0.25, 0.3) is 0 Å². The number of nitrogens with two attached hydrogens (primary N) is 1. The first-order chi connectivity index (χ1) is 12.1. The molecule has 3 N–H and O–H groups in total. The number of nitrogens with one attached hydrogen (secondary N) is 1. The molecule has 0 unspecified atom stereocenters. The number of halogens is 1. The SMILES string of the molecule is COCc1cccc(C(=N)/C(=C\N)c2ccc3ncc(Br)cc3n2)c1. The van der Waals surface area contributed by atoms with Crippen LogP contribution in [0.25, 0.3) is 16.6 Å². The molecule has 0 aliphatic rings. The van der Waals surface area contributed by atoms with Crippen LogP contribution in [-0.4, -0.2) is 22.8 Å². The largest absolute Gasteiger partial charge is 0.404 e. The summed E-state index contributed by atoms with van der Waals surface area (Å²) >= 11 is 3.40. The second-order valence-electron chi connectivity index (χ2n) is 5.48. The molecule has 1 aromatic carbocycles. The molecule has 0 bridgehead atoms. The predicted molar refractivity (Wildman–Crippen MR) is 103 cm³/mol. The van der Waals surface area contributed by atoms with Gasteiger partial charge in [-0.25, -0.2) is 4.98 Å². The van der Waals surface area contributed by atoms with Crippen LogP contribution < -0.4 is 5.73 Å². The summed E-state index contributed by atoms with van der Waals surface area (Å²) in [7, 11) is 1.65. The van der Waals surface area contributed by atoms with Crippen molar-refractivity contribution in [2.24, 2.45) is 5.73 Å². The topological polar surface area (TPSA) is 84.9 Å². The number of ether oxygens (including phenoxy) is 1. The normalized spacial score (nSPS) is 11.7. The lowest BCUT2D eigenvalue weighted by Crippen LogP contribution is -2.07. The maximum atomic E-state index is 8.55. The van der Waals surface area contributed by atoms with Crippen molar-refractivity contribution in [3.63, 3.8) is 0 Å². The smallest absolute Gasteiger partial charge is 0.0905 e. The number of rotatable bonds is 5. The Balaban J connectivity index is 1.99. The molecule has 3 aromatic rings. The standard InChI is InChI=1S/C19H17BrN4O/c1-25-11-12-3-2-4-13(7-12)19(22)15(9-21)16-5-6-17-18(24-16)8-14(20)10-23-17/h2-10,22H,11,21H2,1H3/b15-9-,22-19?. The van der Waals surface area contributed by atoms with Crippen LogP contribution in [-0.2, 0) is 11.3 Å². The van der Waals surface area contributed by atoms with E-state index in [9.17, 15) is 0 Å². The minimum Gasteiger partial charge on any atom is -0.404 e. The zero-order valence-corrected chi connectivity index (χ0v) is 15.2. The van der Waals surface area contributed by atoms with E-state index in [1.165, 1.54) is 6.20 Å².